The SMILES string of the molecule is CCCCC(COC)NCCS(=O)(=O)CC. The molecule has 0 aromatic heterocycles. The average molecular weight is 251 g/mol. The van der Waals surface area contributed by atoms with Crippen molar-refractivity contribution in [3.8, 4) is 0 Å². The number of rotatable bonds is 10. The lowest BCUT2D eigenvalue weighted by molar-refractivity contribution is 0.162. The minimum Gasteiger partial charge on any atom is -0.383 e. The Bertz CT molecular complexity index is 252. The normalized spacial score (nSPS) is 13.9. The fourth-order valence-corrected chi connectivity index (χ4v) is 2.18. The van der Waals surface area contributed by atoms with Crippen molar-refractivity contribution >= 4 is 9.84 Å². The third kappa shape index (κ3) is 8.07. The maximum atomic E-state index is 11.3. The third-order valence-corrected chi connectivity index (χ3v) is 4.27. The maximum Gasteiger partial charge on any atom is 0.151 e. The van der Waals surface area contributed by atoms with Gasteiger partial charge in [0, 0.05) is 25.4 Å². The smallest absolute Gasteiger partial charge is 0.151 e. The topological polar surface area (TPSA) is 55.4 Å². The average Bonchev–Trinajstić information content (AvgIpc) is 2.25. The maximum absolute atomic E-state index is 11.3. The van der Waals surface area contributed by atoms with Gasteiger partial charge in [-0.15, -0.1) is 0 Å². The van der Waals surface area contributed by atoms with Crippen molar-refractivity contribution in [3.05, 3.63) is 0 Å². The molecule has 0 radical (unpaired) electrons. The summed E-state index contributed by atoms with van der Waals surface area (Å²) >= 11 is 0. The first kappa shape index (κ1) is 15.9. The molecule has 5 heteroatoms. The molecule has 0 saturated heterocycles. The van der Waals surface area contributed by atoms with Crippen molar-refractivity contribution in [2.24, 2.45) is 0 Å². The van der Waals surface area contributed by atoms with Crippen LogP contribution in [0.1, 0.15) is 33.1 Å². The molecule has 0 heterocycles. The van der Waals surface area contributed by atoms with E-state index in [1.54, 1.807) is 14.0 Å². The number of unbranched alkanes of at least 4 members (excludes halogenated alkanes) is 1. The minimum atomic E-state index is -2.85. The molecule has 16 heavy (non-hydrogen) atoms. The number of methoxy groups -OCH3 is 1. The molecule has 0 aromatic carbocycles. The van der Waals surface area contributed by atoms with Crippen molar-refractivity contribution in [1.29, 1.82) is 0 Å². The second-order valence-corrected chi connectivity index (χ2v) is 6.46. The van der Waals surface area contributed by atoms with Gasteiger partial charge < -0.3 is 10.1 Å². The van der Waals surface area contributed by atoms with Gasteiger partial charge in [-0.2, -0.15) is 0 Å². The van der Waals surface area contributed by atoms with Crippen LogP contribution in [-0.4, -0.2) is 46.2 Å². The number of hydrogen-bond acceptors (Lipinski definition) is 4. The van der Waals surface area contributed by atoms with Gasteiger partial charge >= 0.3 is 0 Å². The Balaban J connectivity index is 3.83. The molecule has 0 aliphatic rings. The van der Waals surface area contributed by atoms with Gasteiger partial charge in [-0.25, -0.2) is 8.42 Å². The summed E-state index contributed by atoms with van der Waals surface area (Å²) in [4.78, 5) is 0. The Labute approximate surface area is 99.7 Å². The van der Waals surface area contributed by atoms with Gasteiger partial charge in [-0.3, -0.25) is 0 Å². The lowest BCUT2D eigenvalue weighted by atomic mass is 10.1. The number of nitrogens with one attached hydrogen (secondary N) is 1. The van der Waals surface area contributed by atoms with E-state index in [0.29, 0.717) is 13.2 Å². The lowest BCUT2D eigenvalue weighted by Gasteiger charge is -2.17. The molecule has 0 rings (SSSR count). The number of sulfone groups is 1. The van der Waals surface area contributed by atoms with E-state index in [1.807, 2.05) is 0 Å². The van der Waals surface area contributed by atoms with E-state index in [1.165, 1.54) is 0 Å². The van der Waals surface area contributed by atoms with Crippen molar-refractivity contribution in [1.82, 2.24) is 5.32 Å². The van der Waals surface area contributed by atoms with E-state index in [0.717, 1.165) is 19.3 Å². The van der Waals surface area contributed by atoms with Gasteiger partial charge in [-0.1, -0.05) is 26.7 Å². The number of ether oxygens (including phenoxy) is 1. The standard InChI is InChI=1S/C11H25NO3S/c1-4-6-7-11(10-15-3)12-8-9-16(13,14)5-2/h11-12H,4-10H2,1-3H3. The molecule has 0 amide bonds. The van der Waals surface area contributed by atoms with Crippen LogP contribution in [0.15, 0.2) is 0 Å². The van der Waals surface area contributed by atoms with Crippen molar-refractivity contribution in [2.75, 3.05) is 31.8 Å². The Morgan fingerprint density at radius 1 is 1.31 bits per heavy atom. The highest BCUT2D eigenvalue weighted by Gasteiger charge is 2.10. The first-order valence-corrected chi connectivity index (χ1v) is 7.80. The fraction of sp³-hybridized carbons (Fsp3) is 1.00. The monoisotopic (exact) mass is 251 g/mol. The molecule has 0 aliphatic heterocycles. The molecule has 4 nitrogen and oxygen atoms in total. The Hall–Kier alpha value is -0.130. The summed E-state index contributed by atoms with van der Waals surface area (Å²) in [7, 11) is -1.18. The van der Waals surface area contributed by atoms with Gasteiger partial charge in [0.15, 0.2) is 9.84 Å². The first-order valence-electron chi connectivity index (χ1n) is 5.98. The van der Waals surface area contributed by atoms with Crippen molar-refractivity contribution < 1.29 is 13.2 Å². The van der Waals surface area contributed by atoms with Crippen LogP contribution < -0.4 is 5.32 Å². The van der Waals surface area contributed by atoms with Crippen LogP contribution in [0.25, 0.3) is 0 Å². The summed E-state index contributed by atoms with van der Waals surface area (Å²) in [5.74, 6) is 0.439. The van der Waals surface area contributed by atoms with Crippen molar-refractivity contribution in [3.63, 3.8) is 0 Å². The lowest BCUT2D eigenvalue weighted by Crippen LogP contribution is -2.36. The van der Waals surface area contributed by atoms with E-state index in [4.69, 9.17) is 4.74 Å². The second-order valence-electron chi connectivity index (χ2n) is 3.98. The Morgan fingerprint density at radius 3 is 2.50 bits per heavy atom. The van der Waals surface area contributed by atoms with E-state index >= 15 is 0 Å². The van der Waals surface area contributed by atoms with Gasteiger partial charge in [0.1, 0.15) is 0 Å². The van der Waals surface area contributed by atoms with Crippen LogP contribution in [0.4, 0.5) is 0 Å². The van der Waals surface area contributed by atoms with Crippen molar-refractivity contribution in [2.45, 2.75) is 39.2 Å². The predicted molar refractivity (Wildman–Crippen MR) is 67.5 cm³/mol. The summed E-state index contributed by atoms with van der Waals surface area (Å²) < 4.78 is 27.7. The van der Waals surface area contributed by atoms with Gasteiger partial charge in [0.2, 0.25) is 0 Å². The molecular formula is C11H25NO3S. The molecule has 0 aliphatic carbocycles. The Kier molecular flexibility index (Phi) is 8.89. The number of hydrogen-bond donors (Lipinski definition) is 1. The summed E-state index contributed by atoms with van der Waals surface area (Å²) in [5, 5.41) is 3.24. The molecule has 0 aromatic rings. The molecule has 1 N–H and O–H groups in total. The largest absolute Gasteiger partial charge is 0.383 e. The molecule has 1 unspecified atom stereocenters. The first-order chi connectivity index (χ1) is 7.55. The van der Waals surface area contributed by atoms with Crippen LogP contribution in [-0.2, 0) is 14.6 Å². The molecule has 1 atom stereocenters. The predicted octanol–water partition coefficient (Wildman–Crippen LogP) is 1.22. The molecule has 0 fully saturated rings. The highest BCUT2D eigenvalue weighted by atomic mass is 32.2. The van der Waals surface area contributed by atoms with E-state index in [2.05, 4.69) is 12.2 Å². The van der Waals surface area contributed by atoms with Crippen LogP contribution in [0.5, 0.6) is 0 Å². The van der Waals surface area contributed by atoms with Crippen LogP contribution in [0.3, 0.4) is 0 Å². The zero-order valence-electron chi connectivity index (χ0n) is 10.7. The van der Waals surface area contributed by atoms with Crippen LogP contribution in [0.2, 0.25) is 0 Å². The highest BCUT2D eigenvalue weighted by molar-refractivity contribution is 7.91. The summed E-state index contributed by atoms with van der Waals surface area (Å²) in [5.41, 5.74) is 0. The van der Waals surface area contributed by atoms with Gasteiger partial charge in [0.25, 0.3) is 0 Å². The van der Waals surface area contributed by atoms with Gasteiger partial charge in [-0.05, 0) is 6.42 Å². The summed E-state index contributed by atoms with van der Waals surface area (Å²) in [6, 6.07) is 0.275. The van der Waals surface area contributed by atoms with Crippen LogP contribution in [0, 0.1) is 0 Å². The van der Waals surface area contributed by atoms with E-state index in [9.17, 15) is 8.42 Å². The minimum absolute atomic E-state index is 0.218. The zero-order valence-corrected chi connectivity index (χ0v) is 11.5. The highest BCUT2D eigenvalue weighted by Crippen LogP contribution is 2.01. The van der Waals surface area contributed by atoms with Gasteiger partial charge in [0.05, 0.1) is 12.4 Å². The van der Waals surface area contributed by atoms with Crippen LogP contribution >= 0.6 is 0 Å². The summed E-state index contributed by atoms with van der Waals surface area (Å²) in [6.45, 7) is 4.99. The zero-order chi connectivity index (χ0) is 12.4. The molecule has 0 saturated carbocycles. The van der Waals surface area contributed by atoms with E-state index in [-0.39, 0.29) is 17.5 Å². The molecule has 0 bridgehead atoms. The molecular weight excluding hydrogens is 226 g/mol. The summed E-state index contributed by atoms with van der Waals surface area (Å²) in [6.07, 6.45) is 3.33. The molecule has 0 spiro atoms. The third-order valence-electron chi connectivity index (χ3n) is 2.56. The van der Waals surface area contributed by atoms with E-state index < -0.39 is 9.84 Å². The fourth-order valence-electron chi connectivity index (χ4n) is 1.46. The Morgan fingerprint density at radius 2 is 2.00 bits per heavy atom. The molecule has 98 valence electrons. The second kappa shape index (κ2) is 8.96. The quantitative estimate of drug-likeness (QED) is 0.634.